The van der Waals surface area contributed by atoms with Gasteiger partial charge in [-0.2, -0.15) is 0 Å². The highest BCUT2D eigenvalue weighted by Crippen LogP contribution is 2.50. The number of hydrogen-bond acceptors (Lipinski definition) is 11. The van der Waals surface area contributed by atoms with Crippen molar-refractivity contribution >= 4 is 78.2 Å². The van der Waals surface area contributed by atoms with Crippen LogP contribution in [0.1, 0.15) is 22.8 Å². The summed E-state index contributed by atoms with van der Waals surface area (Å²) in [7, 11) is 14.5. The van der Waals surface area contributed by atoms with E-state index in [0.29, 0.717) is 124 Å². The number of benzene rings is 4. The lowest BCUT2D eigenvalue weighted by Crippen LogP contribution is -1.98. The zero-order valence-electron chi connectivity index (χ0n) is 38.6. The highest BCUT2D eigenvalue weighted by atomic mass is 79.9. The lowest BCUT2D eigenvalue weighted by atomic mass is 10.0. The lowest BCUT2D eigenvalue weighted by Gasteiger charge is -2.17. The van der Waals surface area contributed by atoms with E-state index in [-0.39, 0.29) is 0 Å². The van der Waals surface area contributed by atoms with Crippen molar-refractivity contribution in [3.05, 3.63) is 111 Å². The fourth-order valence-corrected chi connectivity index (χ4v) is 10.1. The summed E-state index contributed by atoms with van der Waals surface area (Å²) < 4.78 is 55.5. The van der Waals surface area contributed by atoms with Crippen LogP contribution in [0.25, 0.3) is 90.9 Å². The van der Waals surface area contributed by atoms with Gasteiger partial charge in [0.25, 0.3) is 0 Å². The van der Waals surface area contributed by atoms with Crippen LogP contribution in [0, 0.1) is 0 Å². The Morgan fingerprint density at radius 3 is 0.809 bits per heavy atom. The Hall–Kier alpha value is -7.36. The first kappa shape index (κ1) is 45.8. The molecule has 0 radical (unpaired) electrons. The Balaban J connectivity index is 1.56. The standard InChI is InChI=1S/C53H46Br2N4O9/c1-60-27-21-40(63-4)51(41(22-27)64-5)48-34-15-13-32(56-34)47(46-30(54)11-10-12-31(46)55)33-14-16-35(57-33)49(52-42(65-6)23-28(61-2)24-43(52)66-7)37-18-20-39(59-37)50(38-19-17-36(48)58-38)53-44(67-8)25-29(62-3)26-45(53)68-9/h10-26,56,59H,1-9H3. The van der Waals surface area contributed by atoms with Crippen molar-refractivity contribution in [2.45, 2.75) is 0 Å². The molecule has 0 fully saturated rings. The van der Waals surface area contributed by atoms with Gasteiger partial charge in [-0.25, -0.2) is 9.97 Å². The number of nitrogens with one attached hydrogen (secondary N) is 2. The molecule has 0 saturated heterocycles. The molecular weight excluding hydrogens is 996 g/mol. The van der Waals surface area contributed by atoms with Gasteiger partial charge in [-0.3, -0.25) is 0 Å². The van der Waals surface area contributed by atoms with Crippen molar-refractivity contribution in [1.82, 2.24) is 19.9 Å². The molecule has 8 bridgehead atoms. The molecule has 346 valence electrons. The summed E-state index contributed by atoms with van der Waals surface area (Å²) in [6.45, 7) is 0. The molecule has 3 aromatic heterocycles. The average Bonchev–Trinajstić information content (AvgIpc) is 4.23. The van der Waals surface area contributed by atoms with Crippen molar-refractivity contribution in [2.75, 3.05) is 64.0 Å². The molecule has 0 aliphatic carbocycles. The van der Waals surface area contributed by atoms with Gasteiger partial charge in [0.15, 0.2) is 0 Å². The number of ether oxygens (including phenoxy) is 9. The third-order valence-corrected chi connectivity index (χ3v) is 13.2. The Labute approximate surface area is 409 Å². The third kappa shape index (κ3) is 7.94. The predicted octanol–water partition coefficient (Wildman–Crippen LogP) is 12.9. The molecule has 0 spiro atoms. The van der Waals surface area contributed by atoms with E-state index >= 15 is 0 Å². The van der Waals surface area contributed by atoms with Gasteiger partial charge in [0.1, 0.15) is 51.7 Å². The molecule has 9 rings (SSSR count). The summed E-state index contributed by atoms with van der Waals surface area (Å²) in [5, 5.41) is 0. The molecule has 0 atom stereocenters. The fourth-order valence-electron chi connectivity index (χ4n) is 8.75. The summed E-state index contributed by atoms with van der Waals surface area (Å²) >= 11 is 7.77. The van der Waals surface area contributed by atoms with Gasteiger partial charge in [-0.15, -0.1) is 0 Å². The second kappa shape index (κ2) is 19.1. The number of aromatic amines is 2. The Morgan fingerprint density at radius 2 is 0.574 bits per heavy atom. The minimum atomic E-state index is 0.495. The van der Waals surface area contributed by atoms with E-state index in [1.807, 2.05) is 103 Å². The van der Waals surface area contributed by atoms with Crippen molar-refractivity contribution in [3.8, 4) is 96.3 Å². The summed E-state index contributed by atoms with van der Waals surface area (Å²) in [6.07, 6.45) is 7.95. The molecule has 15 heteroatoms. The second-order valence-electron chi connectivity index (χ2n) is 15.3. The fraction of sp³-hybridized carbons (Fsp3) is 0.170. The Kier molecular flexibility index (Phi) is 12.9. The number of methoxy groups -OCH3 is 9. The summed E-state index contributed by atoms with van der Waals surface area (Å²) in [5.41, 5.74) is 11.1. The molecular formula is C53H46Br2N4O9. The Bertz CT molecular complexity index is 3220. The van der Waals surface area contributed by atoms with Gasteiger partial charge in [0.05, 0.1) is 103 Å². The molecule has 0 amide bonds. The SMILES string of the molecule is COc1cc(OC)c(-c2c3nc(c(-c4c(OC)cc(OC)cc4OC)c4ccc([nH]4)c(-c4c(OC)cc(OC)cc4OC)c4nc(c(-c5c(Br)cccc5Br)c5ccc2[nH]5)C=C4)C=C3)c(OC)c1. The molecule has 68 heavy (non-hydrogen) atoms. The molecule has 5 heterocycles. The molecule has 7 aromatic rings. The van der Waals surface area contributed by atoms with Crippen molar-refractivity contribution in [2.24, 2.45) is 0 Å². The zero-order valence-corrected chi connectivity index (χ0v) is 41.8. The maximum absolute atomic E-state index is 6.12. The van der Waals surface area contributed by atoms with E-state index in [4.69, 9.17) is 52.6 Å². The topological polar surface area (TPSA) is 140 Å². The van der Waals surface area contributed by atoms with Crippen LogP contribution in [-0.2, 0) is 0 Å². The molecule has 2 aliphatic heterocycles. The normalized spacial score (nSPS) is 11.6. The molecule has 4 aromatic carbocycles. The number of H-pyrrole nitrogens is 2. The zero-order chi connectivity index (χ0) is 47.8. The third-order valence-electron chi connectivity index (χ3n) is 11.9. The van der Waals surface area contributed by atoms with E-state index in [9.17, 15) is 0 Å². The molecule has 2 N–H and O–H groups in total. The van der Waals surface area contributed by atoms with Gasteiger partial charge in [0.2, 0.25) is 0 Å². The average molecular weight is 1040 g/mol. The highest BCUT2D eigenvalue weighted by molar-refractivity contribution is 9.11. The number of aromatic nitrogens is 4. The van der Waals surface area contributed by atoms with Gasteiger partial charge < -0.3 is 52.6 Å². The summed E-state index contributed by atoms with van der Waals surface area (Å²) in [4.78, 5) is 18.5. The van der Waals surface area contributed by atoms with E-state index < -0.39 is 0 Å². The quantitative estimate of drug-likeness (QED) is 0.114. The minimum Gasteiger partial charge on any atom is -0.496 e. The largest absolute Gasteiger partial charge is 0.496 e. The molecule has 0 saturated carbocycles. The molecule has 13 nitrogen and oxygen atoms in total. The van der Waals surface area contributed by atoms with Crippen LogP contribution in [0.15, 0.2) is 87.8 Å². The summed E-state index contributed by atoms with van der Waals surface area (Å²) in [5.74, 6) is 4.70. The number of rotatable bonds is 13. The monoisotopic (exact) mass is 1040 g/mol. The Morgan fingerprint density at radius 1 is 0.324 bits per heavy atom. The smallest absolute Gasteiger partial charge is 0.134 e. The van der Waals surface area contributed by atoms with Gasteiger partial charge in [0, 0.05) is 95.2 Å². The first-order chi connectivity index (χ1) is 33.1. The number of fused-ring (bicyclic) bond motifs is 8. The van der Waals surface area contributed by atoms with Crippen LogP contribution < -0.4 is 42.6 Å². The van der Waals surface area contributed by atoms with Crippen LogP contribution >= 0.6 is 31.9 Å². The van der Waals surface area contributed by atoms with Crippen molar-refractivity contribution in [3.63, 3.8) is 0 Å². The van der Waals surface area contributed by atoms with Gasteiger partial charge in [-0.05, 0) is 60.7 Å². The molecule has 0 unspecified atom stereocenters. The van der Waals surface area contributed by atoms with Crippen LogP contribution in [-0.4, -0.2) is 83.9 Å². The van der Waals surface area contributed by atoms with E-state index in [0.717, 1.165) is 25.6 Å². The van der Waals surface area contributed by atoms with Gasteiger partial charge >= 0.3 is 0 Å². The van der Waals surface area contributed by atoms with Gasteiger partial charge in [-0.1, -0.05) is 37.9 Å². The number of halogens is 2. The maximum Gasteiger partial charge on any atom is 0.134 e. The maximum atomic E-state index is 6.12. The number of hydrogen-bond donors (Lipinski definition) is 2. The van der Waals surface area contributed by atoms with Crippen LogP contribution in [0.4, 0.5) is 0 Å². The van der Waals surface area contributed by atoms with E-state index in [1.54, 1.807) is 64.0 Å². The lowest BCUT2D eigenvalue weighted by molar-refractivity contribution is 0.377. The first-order valence-corrected chi connectivity index (χ1v) is 22.7. The number of nitrogens with zero attached hydrogens (tertiary/aromatic N) is 2. The second-order valence-corrected chi connectivity index (χ2v) is 17.0. The summed E-state index contributed by atoms with van der Waals surface area (Å²) in [6, 6.07) is 25.0. The van der Waals surface area contributed by atoms with Crippen LogP contribution in [0.5, 0.6) is 51.7 Å². The first-order valence-electron chi connectivity index (χ1n) is 21.1. The van der Waals surface area contributed by atoms with E-state index in [2.05, 4.69) is 41.8 Å². The van der Waals surface area contributed by atoms with Crippen LogP contribution in [0.2, 0.25) is 0 Å². The van der Waals surface area contributed by atoms with Crippen molar-refractivity contribution in [1.29, 1.82) is 0 Å². The highest BCUT2D eigenvalue weighted by Gasteiger charge is 2.28. The van der Waals surface area contributed by atoms with Crippen molar-refractivity contribution < 1.29 is 42.6 Å². The molecule has 2 aliphatic rings. The van der Waals surface area contributed by atoms with E-state index in [1.165, 1.54) is 0 Å². The van der Waals surface area contributed by atoms with Crippen LogP contribution in [0.3, 0.4) is 0 Å². The minimum absolute atomic E-state index is 0.495. The predicted molar refractivity (Wildman–Crippen MR) is 275 cm³/mol.